The molecular weight excluding hydrogens is 562 g/mol. The van der Waals surface area contributed by atoms with Gasteiger partial charge in [0.1, 0.15) is 5.69 Å². The van der Waals surface area contributed by atoms with Gasteiger partial charge in [-0.15, -0.1) is 0 Å². The maximum atomic E-state index is 13.9. The quantitative estimate of drug-likeness (QED) is 0.0930. The fraction of sp³-hybridized carbons (Fsp3) is 0.280. The molecule has 3 aromatic rings. The summed E-state index contributed by atoms with van der Waals surface area (Å²) < 4.78 is 5.27. The molecule has 17 nitrogen and oxygen atoms in total. The number of ether oxygens (including phenoxy) is 1. The number of benzene rings is 2. The SMILES string of the molecule is COc1c(O)c(O)c(-n2nc(C(N)=O)c3c2C(=O)N(c2ccc(N4CCCC(O)(O)C4=O)cc2)C(O)(O)C3)c(O)c1O. The number of aromatic nitrogens is 2. The van der Waals surface area contributed by atoms with Crippen molar-refractivity contribution in [1.29, 1.82) is 0 Å². The molecular formula is C25H25N5O12. The molecule has 0 aliphatic carbocycles. The first-order valence-corrected chi connectivity index (χ1v) is 12.2. The molecule has 0 radical (unpaired) electrons. The van der Waals surface area contributed by atoms with Gasteiger partial charge in [-0.1, -0.05) is 0 Å². The van der Waals surface area contributed by atoms with Gasteiger partial charge in [0, 0.05) is 29.9 Å². The third-order valence-electron chi connectivity index (χ3n) is 7.05. The number of phenols is 4. The summed E-state index contributed by atoms with van der Waals surface area (Å²) in [5.41, 5.74) is 2.97. The summed E-state index contributed by atoms with van der Waals surface area (Å²) in [4.78, 5) is 40.1. The summed E-state index contributed by atoms with van der Waals surface area (Å²) >= 11 is 0. The van der Waals surface area contributed by atoms with E-state index in [4.69, 9.17) is 10.5 Å². The summed E-state index contributed by atoms with van der Waals surface area (Å²) in [6, 6.07) is 5.09. The van der Waals surface area contributed by atoms with Gasteiger partial charge in [0.2, 0.25) is 23.0 Å². The lowest BCUT2D eigenvalue weighted by Gasteiger charge is -2.39. The minimum atomic E-state index is -2.98. The van der Waals surface area contributed by atoms with Crippen molar-refractivity contribution in [3.05, 3.63) is 41.2 Å². The number of nitrogens with two attached hydrogens (primary N) is 1. The maximum Gasteiger partial charge on any atom is 0.286 e. The molecule has 1 aromatic heterocycles. The van der Waals surface area contributed by atoms with E-state index >= 15 is 0 Å². The third kappa shape index (κ3) is 4.10. The van der Waals surface area contributed by atoms with Crippen LogP contribution in [0.5, 0.6) is 28.7 Å². The molecule has 222 valence electrons. The van der Waals surface area contributed by atoms with Crippen LogP contribution in [0, 0.1) is 0 Å². The highest BCUT2D eigenvalue weighted by Gasteiger charge is 2.49. The number of fused-ring (bicyclic) bond motifs is 1. The largest absolute Gasteiger partial charge is 0.503 e. The number of aromatic hydroxyl groups is 4. The van der Waals surface area contributed by atoms with Crippen LogP contribution in [0.2, 0.25) is 0 Å². The number of carbonyl (C=O) groups excluding carboxylic acids is 3. The Morgan fingerprint density at radius 2 is 1.52 bits per heavy atom. The van der Waals surface area contributed by atoms with Crippen LogP contribution < -0.4 is 20.3 Å². The molecule has 10 N–H and O–H groups in total. The second kappa shape index (κ2) is 9.48. The van der Waals surface area contributed by atoms with Crippen molar-refractivity contribution in [3.63, 3.8) is 0 Å². The smallest absolute Gasteiger partial charge is 0.286 e. The number of nitrogens with zero attached hydrogens (tertiary/aromatic N) is 4. The standard InChI is InChI=1S/C25H25N5O12/c1-42-20-18(33)16(31)15(17(32)19(20)34)30-14-12(13(27-30)21(26)35)9-25(40,41)29(22(14)36)11-5-3-10(4-6-11)28-8-2-7-24(38,39)23(28)37/h3-6,31-34,38-41H,2,7-9H2,1H3,(H2,26,35). The number of methoxy groups -OCH3 is 1. The van der Waals surface area contributed by atoms with Gasteiger partial charge in [-0.3, -0.25) is 19.3 Å². The van der Waals surface area contributed by atoms with E-state index < -0.39 is 81.7 Å². The average Bonchev–Trinajstić information content (AvgIpc) is 3.28. The van der Waals surface area contributed by atoms with E-state index in [-0.39, 0.29) is 36.3 Å². The average molecular weight is 587 g/mol. The molecule has 0 spiro atoms. The highest BCUT2D eigenvalue weighted by atomic mass is 16.5. The van der Waals surface area contributed by atoms with E-state index in [9.17, 15) is 55.2 Å². The Labute approximate surface area is 235 Å². The molecule has 1 fully saturated rings. The number of primary amides is 1. The fourth-order valence-corrected chi connectivity index (χ4v) is 5.10. The molecule has 3 amide bonds. The van der Waals surface area contributed by atoms with E-state index in [1.807, 2.05) is 0 Å². The Kier molecular flexibility index (Phi) is 6.42. The van der Waals surface area contributed by atoms with Gasteiger partial charge in [-0.25, -0.2) is 4.68 Å². The van der Waals surface area contributed by atoms with Gasteiger partial charge < -0.3 is 56.2 Å². The van der Waals surface area contributed by atoms with Crippen molar-refractivity contribution in [2.24, 2.45) is 5.73 Å². The second-order valence-corrected chi connectivity index (χ2v) is 9.71. The number of anilines is 2. The summed E-state index contributed by atoms with van der Waals surface area (Å²) in [6.45, 7) is 0.167. The monoisotopic (exact) mass is 587 g/mol. The molecule has 42 heavy (non-hydrogen) atoms. The van der Waals surface area contributed by atoms with E-state index in [0.717, 1.165) is 12.0 Å². The Balaban J connectivity index is 1.64. The van der Waals surface area contributed by atoms with Crippen LogP contribution in [0.4, 0.5) is 11.4 Å². The van der Waals surface area contributed by atoms with Crippen molar-refractivity contribution in [1.82, 2.24) is 9.78 Å². The molecule has 5 rings (SSSR count). The lowest BCUT2D eigenvalue weighted by atomic mass is 9.98. The van der Waals surface area contributed by atoms with Crippen LogP contribution in [-0.4, -0.2) is 93.7 Å². The predicted molar refractivity (Wildman–Crippen MR) is 138 cm³/mol. The first-order valence-electron chi connectivity index (χ1n) is 12.2. The van der Waals surface area contributed by atoms with Crippen LogP contribution in [0.3, 0.4) is 0 Å². The minimum Gasteiger partial charge on any atom is -0.503 e. The zero-order chi connectivity index (χ0) is 30.9. The van der Waals surface area contributed by atoms with Gasteiger partial charge in [-0.2, -0.15) is 5.10 Å². The van der Waals surface area contributed by atoms with Crippen molar-refractivity contribution in [3.8, 4) is 34.4 Å². The molecule has 2 aromatic carbocycles. The van der Waals surface area contributed by atoms with E-state index in [2.05, 4.69) is 5.10 Å². The number of piperidine rings is 1. The first-order chi connectivity index (χ1) is 19.6. The number of carbonyl (C=O) groups is 3. The highest BCUT2D eigenvalue weighted by molar-refractivity contribution is 6.10. The van der Waals surface area contributed by atoms with Crippen LogP contribution in [0.1, 0.15) is 39.4 Å². The summed E-state index contributed by atoms with van der Waals surface area (Å²) in [5.74, 6) is -14.0. The maximum absolute atomic E-state index is 13.9. The number of aliphatic hydroxyl groups is 4. The topological polar surface area (TPSA) is 273 Å². The molecule has 2 aliphatic rings. The van der Waals surface area contributed by atoms with Crippen molar-refractivity contribution >= 4 is 29.1 Å². The lowest BCUT2D eigenvalue weighted by molar-refractivity contribution is -0.188. The molecule has 2 aliphatic heterocycles. The summed E-state index contributed by atoms with van der Waals surface area (Å²) in [5, 5.41) is 87.5. The Hall–Kier alpha value is -5.10. The van der Waals surface area contributed by atoms with Crippen LogP contribution >= 0.6 is 0 Å². The van der Waals surface area contributed by atoms with Crippen LogP contribution in [0.15, 0.2) is 24.3 Å². The zero-order valence-corrected chi connectivity index (χ0v) is 21.7. The molecule has 17 heteroatoms. The third-order valence-corrected chi connectivity index (χ3v) is 7.05. The summed E-state index contributed by atoms with van der Waals surface area (Å²) in [7, 11) is 1.02. The van der Waals surface area contributed by atoms with E-state index in [0.29, 0.717) is 9.58 Å². The Bertz CT molecular complexity index is 1620. The normalized spacial score (nSPS) is 17.7. The number of hydrogen-bond acceptors (Lipinski definition) is 13. The number of phenolic OH excluding ortho intramolecular Hbond substituents is 4. The molecule has 0 saturated carbocycles. The lowest BCUT2D eigenvalue weighted by Crippen LogP contribution is -2.57. The Morgan fingerprint density at radius 3 is 2.07 bits per heavy atom. The van der Waals surface area contributed by atoms with Gasteiger partial charge >= 0.3 is 0 Å². The Morgan fingerprint density at radius 1 is 0.952 bits per heavy atom. The first kappa shape index (κ1) is 28.4. The zero-order valence-electron chi connectivity index (χ0n) is 21.7. The molecule has 3 heterocycles. The number of amides is 3. The molecule has 0 unspecified atom stereocenters. The molecule has 0 bridgehead atoms. The van der Waals surface area contributed by atoms with Crippen molar-refractivity contribution < 1.29 is 60.0 Å². The van der Waals surface area contributed by atoms with Crippen LogP contribution in [-0.2, 0) is 11.2 Å². The van der Waals surface area contributed by atoms with Crippen molar-refractivity contribution in [2.45, 2.75) is 31.0 Å². The minimum absolute atomic E-state index is 0.148. The predicted octanol–water partition coefficient (Wildman–Crippen LogP) is -1.55. The van der Waals surface area contributed by atoms with Gasteiger partial charge in [-0.05, 0) is 30.7 Å². The van der Waals surface area contributed by atoms with Crippen molar-refractivity contribution in [2.75, 3.05) is 23.5 Å². The number of hydrogen-bond donors (Lipinski definition) is 9. The fourth-order valence-electron chi connectivity index (χ4n) is 5.10. The molecule has 1 saturated heterocycles. The van der Waals surface area contributed by atoms with Gasteiger partial charge in [0.15, 0.2) is 22.9 Å². The highest BCUT2D eigenvalue weighted by Crippen LogP contribution is 2.53. The van der Waals surface area contributed by atoms with E-state index in [1.165, 1.54) is 24.3 Å². The van der Waals surface area contributed by atoms with Gasteiger partial charge in [0.05, 0.1) is 13.5 Å². The molecule has 0 atom stereocenters. The van der Waals surface area contributed by atoms with Gasteiger partial charge in [0.25, 0.3) is 23.6 Å². The summed E-state index contributed by atoms with van der Waals surface area (Å²) in [6.07, 6.45) is -0.725. The van der Waals surface area contributed by atoms with E-state index in [1.54, 1.807) is 0 Å². The number of rotatable bonds is 5. The second-order valence-electron chi connectivity index (χ2n) is 9.71. The van der Waals surface area contributed by atoms with Crippen LogP contribution in [0.25, 0.3) is 5.69 Å².